The molecule has 0 radical (unpaired) electrons. The van der Waals surface area contributed by atoms with Crippen LogP contribution in [0.2, 0.25) is 0 Å². The Morgan fingerprint density at radius 1 is 1.38 bits per heavy atom. The van der Waals surface area contributed by atoms with Gasteiger partial charge < -0.3 is 23.7 Å². The average molecular weight is 287 g/mol. The number of ether oxygens (including phenoxy) is 3. The molecule has 1 atom stereocenters. The van der Waals surface area contributed by atoms with Gasteiger partial charge in [0.25, 0.3) is 0 Å². The average Bonchev–Trinajstić information content (AvgIpc) is 3.19. The monoisotopic (exact) mass is 287 g/mol. The summed E-state index contributed by atoms with van der Waals surface area (Å²) in [7, 11) is 1.59. The fourth-order valence-corrected chi connectivity index (χ4v) is 2.33. The number of nitrogens with zero attached hydrogens (tertiary/aromatic N) is 1. The van der Waals surface area contributed by atoms with Gasteiger partial charge in [-0.3, -0.25) is 0 Å². The topological polar surface area (TPSA) is 77.2 Å². The molecular formula is C15H13NO5. The van der Waals surface area contributed by atoms with Crippen LogP contribution in [-0.2, 0) is 4.74 Å². The molecule has 0 unspecified atom stereocenters. The number of benzene rings is 1. The third-order valence-electron chi connectivity index (χ3n) is 3.46. The van der Waals surface area contributed by atoms with Crippen molar-refractivity contribution in [2.24, 2.45) is 0 Å². The third-order valence-corrected chi connectivity index (χ3v) is 3.46. The standard InChI is InChI=1S/C15H13NO5/c1-18-14-9-2-3-19-15(9)16-11-5-12(17)13(4-10(11)14)21-7-8-6-20-8/h2-5,8,17H,6-7H2,1H3/t8-/m0/s1. The second-order valence-electron chi connectivity index (χ2n) is 4.89. The van der Waals surface area contributed by atoms with E-state index in [1.165, 1.54) is 0 Å². The highest BCUT2D eigenvalue weighted by atomic mass is 16.6. The number of fused-ring (bicyclic) bond motifs is 2. The number of methoxy groups -OCH3 is 1. The summed E-state index contributed by atoms with van der Waals surface area (Å²) in [6, 6.07) is 5.07. The number of hydrogen-bond acceptors (Lipinski definition) is 6. The van der Waals surface area contributed by atoms with Crippen LogP contribution in [0.4, 0.5) is 0 Å². The first-order valence-corrected chi connectivity index (χ1v) is 6.58. The number of aromatic hydroxyl groups is 1. The van der Waals surface area contributed by atoms with Gasteiger partial charge in [-0.05, 0) is 12.1 Å². The maximum absolute atomic E-state index is 10.1. The molecule has 1 aliphatic heterocycles. The van der Waals surface area contributed by atoms with Crippen LogP contribution in [-0.4, -0.2) is 36.5 Å². The van der Waals surface area contributed by atoms with E-state index in [1.54, 1.807) is 31.6 Å². The van der Waals surface area contributed by atoms with Crippen molar-refractivity contribution in [3.05, 3.63) is 24.5 Å². The molecule has 108 valence electrons. The van der Waals surface area contributed by atoms with Crippen LogP contribution in [0.1, 0.15) is 0 Å². The summed E-state index contributed by atoms with van der Waals surface area (Å²) in [6.45, 7) is 1.12. The summed E-state index contributed by atoms with van der Waals surface area (Å²) in [5.74, 6) is 1.07. The number of rotatable bonds is 4. The van der Waals surface area contributed by atoms with Gasteiger partial charge in [0.1, 0.15) is 18.5 Å². The van der Waals surface area contributed by atoms with Gasteiger partial charge in [0, 0.05) is 11.5 Å². The van der Waals surface area contributed by atoms with Crippen molar-refractivity contribution in [2.75, 3.05) is 20.3 Å². The van der Waals surface area contributed by atoms with Crippen molar-refractivity contribution in [1.82, 2.24) is 4.98 Å². The lowest BCUT2D eigenvalue weighted by Gasteiger charge is -2.11. The Balaban J connectivity index is 1.88. The van der Waals surface area contributed by atoms with E-state index in [-0.39, 0.29) is 11.9 Å². The number of pyridine rings is 1. The number of hydrogen-bond donors (Lipinski definition) is 1. The van der Waals surface area contributed by atoms with Crippen molar-refractivity contribution >= 4 is 22.0 Å². The highest BCUT2D eigenvalue weighted by Crippen LogP contribution is 2.39. The molecule has 0 spiro atoms. The number of epoxide rings is 1. The third kappa shape index (κ3) is 2.04. The Hall–Kier alpha value is -2.47. The Kier molecular flexibility index (Phi) is 2.65. The van der Waals surface area contributed by atoms with E-state index >= 15 is 0 Å². The number of phenols is 1. The van der Waals surface area contributed by atoms with Gasteiger partial charge in [0.05, 0.1) is 30.9 Å². The van der Waals surface area contributed by atoms with Gasteiger partial charge in [0.2, 0.25) is 5.71 Å². The number of aromatic nitrogens is 1. The van der Waals surface area contributed by atoms with Gasteiger partial charge >= 0.3 is 0 Å². The van der Waals surface area contributed by atoms with Gasteiger partial charge in [-0.2, -0.15) is 0 Å². The van der Waals surface area contributed by atoms with Crippen LogP contribution < -0.4 is 9.47 Å². The van der Waals surface area contributed by atoms with Crippen LogP contribution >= 0.6 is 0 Å². The zero-order chi connectivity index (χ0) is 14.4. The first kappa shape index (κ1) is 12.3. The smallest absolute Gasteiger partial charge is 0.230 e. The minimum absolute atomic E-state index is 0.0311. The van der Waals surface area contributed by atoms with Crippen LogP contribution in [0.5, 0.6) is 17.2 Å². The Labute approximate surface area is 119 Å². The molecule has 1 fully saturated rings. The SMILES string of the molecule is COc1c2cc(OC[C@@H]3CO3)c(O)cc2nc2occc12. The minimum atomic E-state index is 0.0311. The normalized spacial score (nSPS) is 17.3. The lowest BCUT2D eigenvalue weighted by Crippen LogP contribution is -2.04. The molecular weight excluding hydrogens is 274 g/mol. The van der Waals surface area contributed by atoms with Crippen molar-refractivity contribution in [1.29, 1.82) is 0 Å². The van der Waals surface area contributed by atoms with Crippen molar-refractivity contribution < 1.29 is 23.7 Å². The van der Waals surface area contributed by atoms with Gasteiger partial charge in [0.15, 0.2) is 11.5 Å². The highest BCUT2D eigenvalue weighted by Gasteiger charge is 2.24. The molecule has 6 nitrogen and oxygen atoms in total. The van der Waals surface area contributed by atoms with Crippen LogP contribution in [0.25, 0.3) is 22.0 Å². The summed E-state index contributed by atoms with van der Waals surface area (Å²) in [5, 5.41) is 11.6. The van der Waals surface area contributed by atoms with E-state index in [0.29, 0.717) is 35.9 Å². The predicted octanol–water partition coefficient (Wildman–Crippen LogP) is 2.47. The van der Waals surface area contributed by atoms with Gasteiger partial charge in [-0.1, -0.05) is 0 Å². The summed E-state index contributed by atoms with van der Waals surface area (Å²) >= 11 is 0. The van der Waals surface area contributed by atoms with Crippen molar-refractivity contribution in [3.8, 4) is 17.2 Å². The van der Waals surface area contributed by atoms with E-state index in [0.717, 1.165) is 10.8 Å². The number of phenolic OH excluding ortho intramolecular Hbond substituents is 1. The van der Waals surface area contributed by atoms with Crippen molar-refractivity contribution in [3.63, 3.8) is 0 Å². The molecule has 1 aliphatic rings. The predicted molar refractivity (Wildman–Crippen MR) is 75.0 cm³/mol. The summed E-state index contributed by atoms with van der Waals surface area (Å²) in [5.41, 5.74) is 1.06. The molecule has 4 rings (SSSR count). The molecule has 6 heteroatoms. The second kappa shape index (κ2) is 4.53. The fourth-order valence-electron chi connectivity index (χ4n) is 2.33. The first-order valence-electron chi connectivity index (χ1n) is 6.58. The summed E-state index contributed by atoms with van der Waals surface area (Å²) in [4.78, 5) is 4.37. The van der Waals surface area contributed by atoms with E-state index in [1.807, 2.05) is 0 Å². The van der Waals surface area contributed by atoms with E-state index < -0.39 is 0 Å². The van der Waals surface area contributed by atoms with Crippen LogP contribution in [0, 0.1) is 0 Å². The van der Waals surface area contributed by atoms with Gasteiger partial charge in [-0.25, -0.2) is 4.98 Å². The molecule has 3 aromatic rings. The molecule has 0 aliphatic carbocycles. The Bertz CT molecular complexity index is 822. The molecule has 0 bridgehead atoms. The summed E-state index contributed by atoms with van der Waals surface area (Å²) in [6.07, 6.45) is 1.68. The van der Waals surface area contributed by atoms with Gasteiger partial charge in [-0.15, -0.1) is 0 Å². The quantitative estimate of drug-likeness (QED) is 0.743. The summed E-state index contributed by atoms with van der Waals surface area (Å²) < 4.78 is 21.4. The van der Waals surface area contributed by atoms with Crippen LogP contribution in [0.15, 0.2) is 28.9 Å². The highest BCUT2D eigenvalue weighted by molar-refractivity contribution is 6.00. The zero-order valence-electron chi connectivity index (χ0n) is 11.3. The molecule has 0 amide bonds. The second-order valence-corrected chi connectivity index (χ2v) is 4.89. The lowest BCUT2D eigenvalue weighted by atomic mass is 10.1. The van der Waals surface area contributed by atoms with Crippen LogP contribution in [0.3, 0.4) is 0 Å². The molecule has 1 aromatic carbocycles. The molecule has 2 aromatic heterocycles. The zero-order valence-corrected chi connectivity index (χ0v) is 11.3. The molecule has 1 saturated heterocycles. The van der Waals surface area contributed by atoms with E-state index in [9.17, 15) is 5.11 Å². The molecule has 3 heterocycles. The molecule has 0 saturated carbocycles. The largest absolute Gasteiger partial charge is 0.504 e. The lowest BCUT2D eigenvalue weighted by molar-refractivity contribution is 0.254. The van der Waals surface area contributed by atoms with Crippen molar-refractivity contribution in [2.45, 2.75) is 6.10 Å². The van der Waals surface area contributed by atoms with E-state index in [2.05, 4.69) is 4.98 Å². The molecule has 21 heavy (non-hydrogen) atoms. The Morgan fingerprint density at radius 2 is 2.24 bits per heavy atom. The van der Waals surface area contributed by atoms with E-state index in [4.69, 9.17) is 18.6 Å². The number of furan rings is 1. The fraction of sp³-hybridized carbons (Fsp3) is 0.267. The maximum atomic E-state index is 10.1. The maximum Gasteiger partial charge on any atom is 0.230 e. The Morgan fingerprint density at radius 3 is 3.00 bits per heavy atom. The first-order chi connectivity index (χ1) is 10.3. The molecule has 1 N–H and O–H groups in total. The minimum Gasteiger partial charge on any atom is -0.504 e.